The lowest BCUT2D eigenvalue weighted by molar-refractivity contribution is -0.140. The van der Waals surface area contributed by atoms with Gasteiger partial charge >= 0.3 is 0 Å². The number of sulfonamides is 1. The molecule has 1 N–H and O–H groups in total. The van der Waals surface area contributed by atoms with Crippen LogP contribution in [0.4, 0.5) is 5.69 Å². The Morgan fingerprint density at radius 3 is 2.04 bits per heavy atom. The molecule has 0 radical (unpaired) electrons. The molecule has 2 amide bonds. The third-order valence-electron chi connectivity index (χ3n) is 8.34. The summed E-state index contributed by atoms with van der Waals surface area (Å²) in [6, 6.07) is 31.9. The number of amides is 2. The Morgan fingerprint density at radius 2 is 1.40 bits per heavy atom. The van der Waals surface area contributed by atoms with E-state index in [0.717, 1.165) is 52.2 Å². The van der Waals surface area contributed by atoms with E-state index in [1.807, 2.05) is 80.6 Å². The number of nitrogens with one attached hydrogen (secondary N) is 1. The van der Waals surface area contributed by atoms with Crippen LogP contribution in [0.15, 0.2) is 114 Å². The molecule has 1 saturated carbocycles. The molecular weight excluding hydrogens is 582 g/mol. The van der Waals surface area contributed by atoms with Crippen LogP contribution in [-0.4, -0.2) is 43.8 Å². The number of aryl methyl sites for hydroxylation is 2. The van der Waals surface area contributed by atoms with Gasteiger partial charge in [0, 0.05) is 19.0 Å². The van der Waals surface area contributed by atoms with Crippen molar-refractivity contribution in [3.63, 3.8) is 0 Å². The van der Waals surface area contributed by atoms with Gasteiger partial charge in [-0.25, -0.2) is 8.42 Å². The maximum atomic E-state index is 14.6. The Balaban J connectivity index is 1.56. The van der Waals surface area contributed by atoms with Gasteiger partial charge < -0.3 is 10.2 Å². The number of anilines is 1. The van der Waals surface area contributed by atoms with Gasteiger partial charge in [0.2, 0.25) is 11.8 Å². The van der Waals surface area contributed by atoms with Crippen molar-refractivity contribution >= 4 is 27.5 Å². The molecule has 8 heteroatoms. The van der Waals surface area contributed by atoms with Gasteiger partial charge in [-0.2, -0.15) is 0 Å². The van der Waals surface area contributed by atoms with Gasteiger partial charge in [-0.05, 0) is 62.1 Å². The molecular formula is C37H41N3O4S. The molecule has 0 bridgehead atoms. The zero-order valence-electron chi connectivity index (χ0n) is 25.9. The standard InChI is InChI=1S/C37H41N3O4S/c1-28-20-22-33(23-21-28)40(45(43,44)34-18-7-4-8-19-34)27-36(41)39(26-31-15-11-12-29(2)24-31)35(25-30-13-5-3-6-14-30)37(42)38-32-16-9-10-17-32/h3-8,11-15,18-24,32,35H,9-10,16-17,25-27H2,1-2H3,(H,38,42)/t35-/m1/s1. The number of carbonyl (C=O) groups excluding carboxylic acids is 2. The Kier molecular flexibility index (Phi) is 10.4. The minimum absolute atomic E-state index is 0.0641. The number of hydrogen-bond acceptors (Lipinski definition) is 4. The van der Waals surface area contributed by atoms with Crippen LogP contribution in [-0.2, 0) is 32.6 Å². The van der Waals surface area contributed by atoms with E-state index in [9.17, 15) is 18.0 Å². The van der Waals surface area contributed by atoms with Gasteiger partial charge in [0.05, 0.1) is 10.6 Å². The second-order valence-electron chi connectivity index (χ2n) is 11.9. The SMILES string of the molecule is Cc1ccc(N(CC(=O)N(Cc2cccc(C)c2)[C@H](Cc2ccccc2)C(=O)NC2CCCC2)S(=O)(=O)c2ccccc2)cc1. The van der Waals surface area contributed by atoms with E-state index >= 15 is 0 Å². The van der Waals surface area contributed by atoms with Gasteiger partial charge in [0.25, 0.3) is 10.0 Å². The normalized spacial score (nSPS) is 14.1. The first kappa shape index (κ1) is 32.0. The second-order valence-corrected chi connectivity index (χ2v) is 13.7. The molecule has 234 valence electrons. The van der Waals surface area contributed by atoms with Gasteiger partial charge in [-0.15, -0.1) is 0 Å². The zero-order chi connectivity index (χ0) is 31.8. The quantitative estimate of drug-likeness (QED) is 0.204. The fourth-order valence-electron chi connectivity index (χ4n) is 5.89. The number of benzene rings is 4. The van der Waals surface area contributed by atoms with E-state index in [1.54, 1.807) is 35.2 Å². The molecule has 0 aromatic heterocycles. The van der Waals surface area contributed by atoms with E-state index in [4.69, 9.17) is 0 Å². The highest BCUT2D eigenvalue weighted by Gasteiger charge is 2.35. The maximum Gasteiger partial charge on any atom is 0.264 e. The molecule has 0 saturated heterocycles. The fraction of sp³-hybridized carbons (Fsp3) is 0.297. The van der Waals surface area contributed by atoms with Gasteiger partial charge in [0.1, 0.15) is 12.6 Å². The first-order valence-corrected chi connectivity index (χ1v) is 17.0. The second kappa shape index (κ2) is 14.6. The van der Waals surface area contributed by atoms with Crippen molar-refractivity contribution in [1.82, 2.24) is 10.2 Å². The smallest absolute Gasteiger partial charge is 0.264 e. The van der Waals surface area contributed by atoms with Crippen LogP contribution in [0.5, 0.6) is 0 Å². The molecule has 0 aliphatic heterocycles. The van der Waals surface area contributed by atoms with Crippen LogP contribution < -0.4 is 9.62 Å². The fourth-order valence-corrected chi connectivity index (χ4v) is 7.32. The first-order chi connectivity index (χ1) is 21.7. The summed E-state index contributed by atoms with van der Waals surface area (Å²) in [6.45, 7) is 3.60. The number of nitrogens with zero attached hydrogens (tertiary/aromatic N) is 2. The van der Waals surface area contributed by atoms with Gasteiger partial charge in [-0.1, -0.05) is 109 Å². The van der Waals surface area contributed by atoms with Crippen molar-refractivity contribution in [1.29, 1.82) is 0 Å². The van der Waals surface area contributed by atoms with E-state index in [-0.39, 0.29) is 23.4 Å². The summed E-state index contributed by atoms with van der Waals surface area (Å²) in [6.07, 6.45) is 4.23. The molecule has 0 spiro atoms. The lowest BCUT2D eigenvalue weighted by Crippen LogP contribution is -2.54. The molecule has 5 rings (SSSR count). The van der Waals surface area contributed by atoms with Crippen molar-refractivity contribution in [2.24, 2.45) is 0 Å². The van der Waals surface area contributed by atoms with Crippen molar-refractivity contribution in [2.45, 2.75) is 69.5 Å². The number of carbonyl (C=O) groups is 2. The van der Waals surface area contributed by atoms with Gasteiger partial charge in [-0.3, -0.25) is 13.9 Å². The highest BCUT2D eigenvalue weighted by molar-refractivity contribution is 7.92. The van der Waals surface area contributed by atoms with E-state index in [0.29, 0.717) is 12.1 Å². The Labute approximate surface area is 266 Å². The number of hydrogen-bond donors (Lipinski definition) is 1. The van der Waals surface area contributed by atoms with Crippen molar-refractivity contribution < 1.29 is 18.0 Å². The summed E-state index contributed by atoms with van der Waals surface area (Å²) in [7, 11) is -4.11. The predicted molar refractivity (Wildman–Crippen MR) is 178 cm³/mol. The molecule has 0 heterocycles. The predicted octanol–water partition coefficient (Wildman–Crippen LogP) is 6.20. The maximum absolute atomic E-state index is 14.6. The van der Waals surface area contributed by atoms with Crippen LogP contribution in [0.25, 0.3) is 0 Å². The first-order valence-electron chi connectivity index (χ1n) is 15.5. The van der Waals surface area contributed by atoms with Crippen molar-refractivity contribution in [3.8, 4) is 0 Å². The molecule has 1 aliphatic rings. The molecule has 0 unspecified atom stereocenters. The van der Waals surface area contributed by atoms with Crippen LogP contribution >= 0.6 is 0 Å². The minimum Gasteiger partial charge on any atom is -0.352 e. The van der Waals surface area contributed by atoms with Crippen LogP contribution in [0, 0.1) is 13.8 Å². The average Bonchev–Trinajstić information content (AvgIpc) is 3.56. The van der Waals surface area contributed by atoms with Crippen LogP contribution in [0.1, 0.15) is 47.9 Å². The van der Waals surface area contributed by atoms with E-state index in [2.05, 4.69) is 5.32 Å². The zero-order valence-corrected chi connectivity index (χ0v) is 26.7. The third kappa shape index (κ3) is 8.19. The average molecular weight is 624 g/mol. The summed E-state index contributed by atoms with van der Waals surface area (Å²) in [5.41, 5.74) is 4.15. The lowest BCUT2D eigenvalue weighted by Gasteiger charge is -2.34. The van der Waals surface area contributed by atoms with E-state index in [1.165, 1.54) is 12.1 Å². The van der Waals surface area contributed by atoms with Gasteiger partial charge in [0.15, 0.2) is 0 Å². The molecule has 4 aromatic carbocycles. The molecule has 1 atom stereocenters. The van der Waals surface area contributed by atoms with Crippen molar-refractivity contribution in [3.05, 3.63) is 131 Å². The third-order valence-corrected chi connectivity index (χ3v) is 10.1. The Bertz CT molecular complexity index is 1690. The summed E-state index contributed by atoms with van der Waals surface area (Å²) >= 11 is 0. The molecule has 7 nitrogen and oxygen atoms in total. The lowest BCUT2D eigenvalue weighted by atomic mass is 10.0. The molecule has 4 aromatic rings. The number of rotatable bonds is 12. The Morgan fingerprint density at radius 1 is 0.778 bits per heavy atom. The topological polar surface area (TPSA) is 86.8 Å². The molecule has 45 heavy (non-hydrogen) atoms. The largest absolute Gasteiger partial charge is 0.352 e. The minimum atomic E-state index is -4.11. The molecule has 1 aliphatic carbocycles. The monoisotopic (exact) mass is 623 g/mol. The summed E-state index contributed by atoms with van der Waals surface area (Å²) in [5, 5.41) is 3.21. The summed E-state index contributed by atoms with van der Waals surface area (Å²) < 4.78 is 29.3. The van der Waals surface area contributed by atoms with Crippen molar-refractivity contribution in [2.75, 3.05) is 10.8 Å². The van der Waals surface area contributed by atoms with Crippen LogP contribution in [0.2, 0.25) is 0 Å². The molecule has 1 fully saturated rings. The van der Waals surface area contributed by atoms with Crippen LogP contribution in [0.3, 0.4) is 0 Å². The summed E-state index contributed by atoms with van der Waals surface area (Å²) in [4.78, 5) is 30.3. The highest BCUT2D eigenvalue weighted by atomic mass is 32.2. The van der Waals surface area contributed by atoms with E-state index < -0.39 is 28.5 Å². The summed E-state index contributed by atoms with van der Waals surface area (Å²) in [5.74, 6) is -0.682. The Hall–Kier alpha value is -4.43. The highest BCUT2D eigenvalue weighted by Crippen LogP contribution is 2.26.